The summed E-state index contributed by atoms with van der Waals surface area (Å²) in [6, 6.07) is 8.45. The molecule has 1 aromatic carbocycles. The van der Waals surface area contributed by atoms with Crippen molar-refractivity contribution in [3.63, 3.8) is 0 Å². The lowest BCUT2D eigenvalue weighted by Gasteiger charge is -2.31. The Labute approximate surface area is 133 Å². The molecule has 1 fully saturated rings. The van der Waals surface area contributed by atoms with Crippen molar-refractivity contribution >= 4 is 46.0 Å². The molecule has 1 atom stereocenters. The zero-order valence-corrected chi connectivity index (χ0v) is 14.0. The van der Waals surface area contributed by atoms with Crippen LogP contribution < -0.4 is 5.32 Å². The second-order valence-corrected chi connectivity index (χ2v) is 6.41. The third-order valence-corrected chi connectivity index (χ3v) is 4.35. The van der Waals surface area contributed by atoms with Gasteiger partial charge in [0.05, 0.1) is 5.75 Å². The fourth-order valence-corrected chi connectivity index (χ4v) is 3.36. The molecule has 0 spiro atoms. The molecule has 106 valence electrons. The second kappa shape index (κ2) is 8.15. The van der Waals surface area contributed by atoms with Crippen molar-refractivity contribution in [2.45, 2.75) is 17.9 Å². The van der Waals surface area contributed by atoms with Crippen LogP contribution in [0.5, 0.6) is 0 Å². The Morgan fingerprint density at radius 2 is 2.37 bits per heavy atom. The van der Waals surface area contributed by atoms with E-state index in [1.54, 1.807) is 11.8 Å². The molecule has 0 saturated carbocycles. The smallest absolute Gasteiger partial charge is 0.233 e. The van der Waals surface area contributed by atoms with Gasteiger partial charge in [-0.3, -0.25) is 4.79 Å². The van der Waals surface area contributed by atoms with E-state index < -0.39 is 0 Å². The van der Waals surface area contributed by atoms with Crippen LogP contribution in [0.2, 0.25) is 0 Å². The fourth-order valence-electron chi connectivity index (χ4n) is 1.95. The first-order chi connectivity index (χ1) is 8.65. The van der Waals surface area contributed by atoms with Gasteiger partial charge in [0.15, 0.2) is 0 Å². The Hall–Kier alpha value is -0.230. The number of carbonyl (C=O) groups excluding carboxylic acids is 1. The van der Waals surface area contributed by atoms with Crippen LogP contribution in [0.25, 0.3) is 0 Å². The number of nitrogens with zero attached hydrogens (tertiary/aromatic N) is 1. The number of halogens is 2. The molecule has 1 N–H and O–H groups in total. The highest BCUT2D eigenvalue weighted by molar-refractivity contribution is 9.10. The van der Waals surface area contributed by atoms with Gasteiger partial charge in [-0.25, -0.2) is 0 Å². The zero-order chi connectivity index (χ0) is 13.0. The van der Waals surface area contributed by atoms with E-state index in [2.05, 4.69) is 28.2 Å². The number of hydrogen-bond donors (Lipinski definition) is 1. The van der Waals surface area contributed by atoms with Gasteiger partial charge >= 0.3 is 0 Å². The summed E-state index contributed by atoms with van der Waals surface area (Å²) in [4.78, 5) is 15.1. The van der Waals surface area contributed by atoms with Crippen molar-refractivity contribution in [2.24, 2.45) is 0 Å². The number of amides is 1. The Bertz CT molecular complexity index is 433. The quantitative estimate of drug-likeness (QED) is 0.836. The Morgan fingerprint density at radius 3 is 3.05 bits per heavy atom. The standard InChI is InChI=1S/C13H17BrN2OS.ClH/c1-10-8-16(6-5-15-10)13(17)9-18-12-4-2-3-11(14)7-12;/h2-4,7,10,15H,5-6,8-9H2,1H3;1H/t10-;/m1./s1. The molecule has 1 aliphatic heterocycles. The van der Waals surface area contributed by atoms with Gasteiger partial charge in [-0.2, -0.15) is 0 Å². The average Bonchev–Trinajstić information content (AvgIpc) is 2.36. The first-order valence-corrected chi connectivity index (χ1v) is 7.82. The summed E-state index contributed by atoms with van der Waals surface area (Å²) in [6.45, 7) is 4.65. The summed E-state index contributed by atoms with van der Waals surface area (Å²) >= 11 is 5.03. The van der Waals surface area contributed by atoms with E-state index in [0.717, 1.165) is 29.0 Å². The van der Waals surface area contributed by atoms with E-state index in [1.165, 1.54) is 0 Å². The van der Waals surface area contributed by atoms with Crippen molar-refractivity contribution in [1.29, 1.82) is 0 Å². The molecule has 1 aromatic rings. The maximum absolute atomic E-state index is 12.1. The van der Waals surface area contributed by atoms with Crippen LogP contribution in [-0.2, 0) is 4.79 Å². The normalized spacial score (nSPS) is 18.8. The minimum absolute atomic E-state index is 0. The largest absolute Gasteiger partial charge is 0.339 e. The number of piperazine rings is 1. The number of rotatable bonds is 3. The van der Waals surface area contributed by atoms with E-state index >= 15 is 0 Å². The third-order valence-electron chi connectivity index (χ3n) is 2.88. The van der Waals surface area contributed by atoms with Gasteiger partial charge in [-0.15, -0.1) is 24.2 Å². The molecule has 0 aliphatic carbocycles. The van der Waals surface area contributed by atoms with E-state index in [1.807, 2.05) is 29.2 Å². The van der Waals surface area contributed by atoms with Crippen LogP contribution in [0.4, 0.5) is 0 Å². The maximum Gasteiger partial charge on any atom is 0.233 e. The highest BCUT2D eigenvalue weighted by Gasteiger charge is 2.20. The summed E-state index contributed by atoms with van der Waals surface area (Å²) in [6.07, 6.45) is 0. The fraction of sp³-hybridized carbons (Fsp3) is 0.462. The molecule has 0 unspecified atom stereocenters. The first-order valence-electron chi connectivity index (χ1n) is 6.04. The van der Waals surface area contributed by atoms with Crippen LogP contribution in [0.15, 0.2) is 33.6 Å². The lowest BCUT2D eigenvalue weighted by atomic mass is 10.2. The predicted molar refractivity (Wildman–Crippen MR) is 86.2 cm³/mol. The van der Waals surface area contributed by atoms with E-state index in [4.69, 9.17) is 0 Å². The monoisotopic (exact) mass is 364 g/mol. The molecule has 2 rings (SSSR count). The van der Waals surface area contributed by atoms with Crippen molar-refractivity contribution in [1.82, 2.24) is 10.2 Å². The second-order valence-electron chi connectivity index (χ2n) is 4.44. The Morgan fingerprint density at radius 1 is 1.58 bits per heavy atom. The molecule has 6 heteroatoms. The van der Waals surface area contributed by atoms with Crippen LogP contribution in [0.1, 0.15) is 6.92 Å². The number of thioether (sulfide) groups is 1. The summed E-state index contributed by atoms with van der Waals surface area (Å²) in [5, 5.41) is 3.34. The molecule has 19 heavy (non-hydrogen) atoms. The summed E-state index contributed by atoms with van der Waals surface area (Å²) < 4.78 is 1.05. The zero-order valence-electron chi connectivity index (χ0n) is 10.8. The maximum atomic E-state index is 12.1. The number of carbonyl (C=O) groups is 1. The molecule has 0 bridgehead atoms. The molecule has 0 aromatic heterocycles. The molecule has 1 saturated heterocycles. The number of hydrogen-bond acceptors (Lipinski definition) is 3. The molecular weight excluding hydrogens is 348 g/mol. The topological polar surface area (TPSA) is 32.3 Å². The third kappa shape index (κ3) is 5.34. The lowest BCUT2D eigenvalue weighted by Crippen LogP contribution is -2.51. The van der Waals surface area contributed by atoms with Gasteiger partial charge in [0.2, 0.25) is 5.91 Å². The molecule has 1 heterocycles. The summed E-state index contributed by atoms with van der Waals surface area (Å²) in [5.41, 5.74) is 0. The molecule has 0 radical (unpaired) electrons. The van der Waals surface area contributed by atoms with E-state index in [9.17, 15) is 4.79 Å². The van der Waals surface area contributed by atoms with Crippen molar-refractivity contribution in [3.8, 4) is 0 Å². The predicted octanol–water partition coefficient (Wildman–Crippen LogP) is 2.78. The summed E-state index contributed by atoms with van der Waals surface area (Å²) in [5.74, 6) is 0.747. The van der Waals surface area contributed by atoms with Crippen LogP contribution in [-0.4, -0.2) is 42.2 Å². The Balaban J connectivity index is 0.00000180. The molecule has 1 amide bonds. The van der Waals surface area contributed by atoms with Crippen molar-refractivity contribution in [3.05, 3.63) is 28.7 Å². The van der Waals surface area contributed by atoms with Crippen molar-refractivity contribution in [2.75, 3.05) is 25.4 Å². The molecule has 1 aliphatic rings. The highest BCUT2D eigenvalue weighted by Crippen LogP contribution is 2.22. The average molecular weight is 366 g/mol. The minimum Gasteiger partial charge on any atom is -0.339 e. The van der Waals surface area contributed by atoms with Gasteiger partial charge in [0, 0.05) is 35.0 Å². The lowest BCUT2D eigenvalue weighted by molar-refractivity contribution is -0.129. The van der Waals surface area contributed by atoms with Crippen LogP contribution in [0, 0.1) is 0 Å². The highest BCUT2D eigenvalue weighted by atomic mass is 79.9. The summed E-state index contributed by atoms with van der Waals surface area (Å²) in [7, 11) is 0. The number of nitrogens with one attached hydrogen (secondary N) is 1. The van der Waals surface area contributed by atoms with Gasteiger partial charge in [-0.1, -0.05) is 22.0 Å². The number of benzene rings is 1. The first kappa shape index (κ1) is 16.8. The van der Waals surface area contributed by atoms with Gasteiger partial charge in [0.1, 0.15) is 0 Å². The van der Waals surface area contributed by atoms with E-state index in [-0.39, 0.29) is 18.3 Å². The van der Waals surface area contributed by atoms with Crippen LogP contribution in [0.3, 0.4) is 0 Å². The molecule has 3 nitrogen and oxygen atoms in total. The van der Waals surface area contributed by atoms with Gasteiger partial charge < -0.3 is 10.2 Å². The van der Waals surface area contributed by atoms with Crippen molar-refractivity contribution < 1.29 is 4.79 Å². The van der Waals surface area contributed by atoms with Gasteiger partial charge in [0.25, 0.3) is 0 Å². The minimum atomic E-state index is 0. The SMILES string of the molecule is C[C@@H]1CN(C(=O)CSc2cccc(Br)c2)CCN1.Cl. The Kier molecular flexibility index (Phi) is 7.21. The van der Waals surface area contributed by atoms with E-state index in [0.29, 0.717) is 11.8 Å². The van der Waals surface area contributed by atoms with Crippen LogP contribution >= 0.6 is 40.1 Å². The van der Waals surface area contributed by atoms with Gasteiger partial charge in [-0.05, 0) is 25.1 Å². The molecular formula is C13H18BrClN2OS.